The Hall–Kier alpha value is -4.37. The molecule has 0 bridgehead atoms. The van der Waals surface area contributed by atoms with Crippen LogP contribution < -0.4 is 0 Å². The van der Waals surface area contributed by atoms with Gasteiger partial charge < -0.3 is 52.1 Å². The van der Waals surface area contributed by atoms with Crippen molar-refractivity contribution in [2.24, 2.45) is 0 Å². The van der Waals surface area contributed by atoms with Crippen LogP contribution in [0.15, 0.2) is 199 Å². The van der Waals surface area contributed by atoms with Gasteiger partial charge in [-0.1, -0.05) is 205 Å². The summed E-state index contributed by atoms with van der Waals surface area (Å²) in [5.74, 6) is -0.814. The first-order valence-electron chi connectivity index (χ1n) is 25.3. The van der Waals surface area contributed by atoms with Crippen molar-refractivity contribution in [3.05, 3.63) is 233 Å². The number of hydrogen-bond donors (Lipinski definition) is 1. The molecule has 2 heterocycles. The highest BCUT2D eigenvalue weighted by Crippen LogP contribution is 2.37. The van der Waals surface area contributed by atoms with Crippen molar-refractivity contribution in [2.75, 3.05) is 13.2 Å². The fourth-order valence-corrected chi connectivity index (χ4v) is 10.4. The smallest absolute Gasteiger partial charge is 0.303 e. The van der Waals surface area contributed by atoms with E-state index in [4.69, 9.17) is 52.1 Å². The number of halogens is 3. The number of allylic oxidation sites excluding steroid dienone is 2. The highest BCUT2D eigenvalue weighted by atomic mass is 127. The number of benzene rings is 6. The number of esters is 1. The second-order valence-electron chi connectivity index (χ2n) is 18.2. The van der Waals surface area contributed by atoms with E-state index < -0.39 is 67.4 Å². The molecule has 2 fully saturated rings. The average molecular weight is 1390 g/mol. The lowest BCUT2D eigenvalue weighted by Gasteiger charge is -2.49. The number of ether oxygens (including phenoxy) is 11. The second kappa shape index (κ2) is 32.8. The number of carbonyl (C=O) groups excluding carboxylic acids is 1. The molecule has 407 valence electrons. The average Bonchev–Trinajstić information content (AvgIpc) is 3.54. The van der Waals surface area contributed by atoms with Crippen LogP contribution in [0.5, 0.6) is 0 Å². The molecule has 2 aliphatic rings. The number of nitrogens with one attached hydrogen (secondary N) is 1. The summed E-state index contributed by atoms with van der Waals surface area (Å²) in [7, 11) is 0. The van der Waals surface area contributed by atoms with Gasteiger partial charge >= 0.3 is 5.97 Å². The van der Waals surface area contributed by atoms with E-state index in [1.165, 1.54) is 6.92 Å². The summed E-state index contributed by atoms with van der Waals surface area (Å²) in [6.07, 6.45) is -9.03. The van der Waals surface area contributed by atoms with Gasteiger partial charge in [0.15, 0.2) is 18.5 Å². The summed E-state index contributed by atoms with van der Waals surface area (Å²) < 4.78 is 78.5. The molecule has 8 rings (SSSR count). The Kier molecular flexibility index (Phi) is 25.7. The molecular weight excluding hydrogens is 1330 g/mol. The lowest BCUT2D eigenvalue weighted by atomic mass is 9.96. The standard InChI is InChI=1S/C61H62I3NO12.B/c1-42(66)73-58-56(71-38-47-28-16-6-17-29-47)54(69-36-45-24-12-4-13-25-45)52(41-68-35-44-22-10-3-11-23-44)75-61(58)77-59-57(72-39-48-30-18-7-19-31-48)55(70-37-46-26-14-5-15-27-46)51(40-67-34-43-20-8-2-9-21-43)74-60(59)76-53(65)32-49(63)50(64)33-62;/h2-33,51-52,54-61,65H,34-41H2,1H3;/b49-32-,50-33+,65-53?;/t51?,52?,54-,55-,56-,57-,58?,59?,60-,61-;/m1./s1. The van der Waals surface area contributed by atoms with Crippen LogP contribution in [0.3, 0.4) is 0 Å². The van der Waals surface area contributed by atoms with Gasteiger partial charge in [0.25, 0.3) is 0 Å². The first-order chi connectivity index (χ1) is 37.7. The molecule has 2 saturated heterocycles. The Morgan fingerprint density at radius 3 is 1.15 bits per heavy atom. The molecule has 2 aliphatic heterocycles. The minimum absolute atomic E-state index is 0. The Morgan fingerprint density at radius 2 is 0.795 bits per heavy atom. The molecule has 0 spiro atoms. The third-order valence-electron chi connectivity index (χ3n) is 12.5. The molecular formula is C61H62BI3NO12. The van der Waals surface area contributed by atoms with Crippen molar-refractivity contribution < 1.29 is 56.9 Å². The van der Waals surface area contributed by atoms with Gasteiger partial charge in [-0.05, 0) is 82.6 Å². The monoisotopic (exact) mass is 1390 g/mol. The van der Waals surface area contributed by atoms with E-state index in [9.17, 15) is 10.2 Å². The molecule has 0 amide bonds. The fraction of sp³-hybridized carbons (Fsp3) is 0.311. The predicted octanol–water partition coefficient (Wildman–Crippen LogP) is 12.2. The number of rotatable bonds is 26. The van der Waals surface area contributed by atoms with E-state index in [2.05, 4.69) is 67.8 Å². The molecule has 0 aliphatic carbocycles. The topological polar surface area (TPSA) is 142 Å². The largest absolute Gasteiger partial charge is 0.454 e. The third kappa shape index (κ3) is 18.9. The van der Waals surface area contributed by atoms with Crippen LogP contribution >= 0.6 is 67.8 Å². The van der Waals surface area contributed by atoms with Crippen molar-refractivity contribution in [1.29, 1.82) is 5.41 Å². The Morgan fingerprint density at radius 1 is 0.462 bits per heavy atom. The zero-order valence-corrected chi connectivity index (χ0v) is 49.5. The van der Waals surface area contributed by atoms with E-state index in [0.717, 1.165) is 40.5 Å². The van der Waals surface area contributed by atoms with Crippen molar-refractivity contribution >= 4 is 88.1 Å². The Bertz CT molecular complexity index is 2760. The molecule has 0 aromatic heterocycles. The number of hydrogen-bond acceptors (Lipinski definition) is 13. The van der Waals surface area contributed by atoms with E-state index >= 15 is 0 Å². The maximum absolute atomic E-state index is 13.5. The molecule has 6 aromatic rings. The Balaban J connectivity index is 0.00000882. The minimum atomic E-state index is -1.39. The zero-order chi connectivity index (χ0) is 53.6. The van der Waals surface area contributed by atoms with E-state index in [-0.39, 0.29) is 67.2 Å². The maximum Gasteiger partial charge on any atom is 0.303 e. The summed E-state index contributed by atoms with van der Waals surface area (Å²) in [4.78, 5) is 13.5. The maximum atomic E-state index is 13.5. The van der Waals surface area contributed by atoms with Gasteiger partial charge in [0.2, 0.25) is 12.2 Å². The van der Waals surface area contributed by atoms with Crippen LogP contribution in [0.4, 0.5) is 0 Å². The SMILES string of the molecule is CC(=O)OC1[C@@H](OC2[C@@H](OC(=N)/C=C(I)/C(I)=C\I)OC(COCc3ccccc3)[C@@H](OCc3ccccc3)[C@H]2OCc2ccccc2)OC(COCc2ccccc2)[C@@H](OCc2ccccc2)[C@H]1OCc1ccccc1.[B]. The Labute approximate surface area is 500 Å². The number of carbonyl (C=O) groups is 1. The summed E-state index contributed by atoms with van der Waals surface area (Å²) in [5, 5.41) is 9.29. The first kappa shape index (κ1) is 61.3. The quantitative estimate of drug-likeness (QED) is 0.0138. The zero-order valence-electron chi connectivity index (χ0n) is 43.0. The van der Waals surface area contributed by atoms with Crippen molar-refractivity contribution in [1.82, 2.24) is 0 Å². The molecule has 10 atom stereocenters. The molecule has 4 unspecified atom stereocenters. The lowest BCUT2D eigenvalue weighted by Crippen LogP contribution is -2.66. The molecule has 78 heavy (non-hydrogen) atoms. The normalized spacial score (nSPS) is 23.4. The highest BCUT2D eigenvalue weighted by Gasteiger charge is 2.56. The lowest BCUT2D eigenvalue weighted by molar-refractivity contribution is -0.373. The summed E-state index contributed by atoms with van der Waals surface area (Å²) in [6.45, 7) is 2.59. The van der Waals surface area contributed by atoms with Gasteiger partial charge in [0.1, 0.15) is 36.6 Å². The van der Waals surface area contributed by atoms with Crippen LogP contribution in [0, 0.1) is 5.41 Å². The van der Waals surface area contributed by atoms with Crippen LogP contribution in [0.2, 0.25) is 0 Å². The first-order valence-corrected chi connectivity index (χ1v) is 28.7. The van der Waals surface area contributed by atoms with E-state index in [1.807, 2.05) is 186 Å². The van der Waals surface area contributed by atoms with Crippen LogP contribution in [-0.4, -0.2) is 94.9 Å². The molecule has 6 aromatic carbocycles. The van der Waals surface area contributed by atoms with Crippen molar-refractivity contribution in [2.45, 2.75) is 108 Å². The second-order valence-corrected chi connectivity index (χ2v) is 21.2. The molecule has 17 heteroatoms. The van der Waals surface area contributed by atoms with Crippen molar-refractivity contribution in [3.63, 3.8) is 0 Å². The van der Waals surface area contributed by atoms with Gasteiger partial charge in [-0.3, -0.25) is 10.2 Å². The fourth-order valence-electron chi connectivity index (χ4n) is 8.82. The van der Waals surface area contributed by atoms with Crippen molar-refractivity contribution in [3.8, 4) is 0 Å². The van der Waals surface area contributed by atoms with Gasteiger partial charge in [0.05, 0.1) is 52.9 Å². The van der Waals surface area contributed by atoms with Crippen LogP contribution in [-0.2, 0) is 96.5 Å². The third-order valence-corrected chi connectivity index (χ3v) is 17.2. The van der Waals surface area contributed by atoms with Crippen LogP contribution in [0.1, 0.15) is 40.3 Å². The van der Waals surface area contributed by atoms with E-state index in [0.29, 0.717) is 0 Å². The minimum Gasteiger partial charge on any atom is -0.454 e. The summed E-state index contributed by atoms with van der Waals surface area (Å²) in [5.41, 5.74) is 5.53. The van der Waals surface area contributed by atoms with Gasteiger partial charge in [-0.15, -0.1) is 0 Å². The molecule has 13 nitrogen and oxygen atoms in total. The van der Waals surface area contributed by atoms with E-state index in [1.54, 1.807) is 6.08 Å². The molecule has 0 saturated carbocycles. The molecule has 3 radical (unpaired) electrons. The van der Waals surface area contributed by atoms with Gasteiger partial charge in [-0.2, -0.15) is 0 Å². The summed E-state index contributed by atoms with van der Waals surface area (Å²) in [6, 6.07) is 58.8. The molecule has 1 N–H and O–H groups in total. The summed E-state index contributed by atoms with van der Waals surface area (Å²) >= 11 is 6.55. The van der Waals surface area contributed by atoms with Gasteiger partial charge in [0, 0.05) is 28.6 Å². The predicted molar refractivity (Wildman–Crippen MR) is 323 cm³/mol. The van der Waals surface area contributed by atoms with Gasteiger partial charge in [-0.25, -0.2) is 0 Å². The highest BCUT2D eigenvalue weighted by molar-refractivity contribution is 14.1. The van der Waals surface area contributed by atoms with Crippen LogP contribution in [0.25, 0.3) is 0 Å².